The Morgan fingerprint density at radius 2 is 2.22 bits per heavy atom. The maximum atomic E-state index is 12.6. The van der Waals surface area contributed by atoms with E-state index in [1.807, 2.05) is 24.3 Å². The highest BCUT2D eigenvalue weighted by molar-refractivity contribution is 9.10. The number of benzene rings is 1. The molecule has 0 radical (unpaired) electrons. The number of aromatic nitrogens is 1. The second-order valence-electron chi connectivity index (χ2n) is 5.82. The predicted octanol–water partition coefficient (Wildman–Crippen LogP) is 4.30. The van der Waals surface area contributed by atoms with Crippen molar-refractivity contribution in [3.63, 3.8) is 0 Å². The Kier molecular flexibility index (Phi) is 5.40. The van der Waals surface area contributed by atoms with Gasteiger partial charge in [0.05, 0.1) is 23.6 Å². The van der Waals surface area contributed by atoms with E-state index in [1.54, 1.807) is 19.9 Å². The number of hydrogen-bond acceptors (Lipinski definition) is 6. The van der Waals surface area contributed by atoms with Crippen molar-refractivity contribution in [2.75, 3.05) is 6.61 Å². The van der Waals surface area contributed by atoms with Crippen molar-refractivity contribution >= 4 is 44.4 Å². The molecular formula is C19H15BrClN3O3. The summed E-state index contributed by atoms with van der Waals surface area (Å²) in [6.07, 6.45) is 0. The minimum atomic E-state index is -0.828. The molecule has 0 amide bonds. The number of fused-ring (bicyclic) bond motifs is 1. The summed E-state index contributed by atoms with van der Waals surface area (Å²) in [6, 6.07) is 9.37. The quantitative estimate of drug-likeness (QED) is 0.555. The van der Waals surface area contributed by atoms with Gasteiger partial charge in [-0.25, -0.2) is 9.78 Å². The third kappa shape index (κ3) is 3.51. The first-order valence-corrected chi connectivity index (χ1v) is 9.25. The van der Waals surface area contributed by atoms with Gasteiger partial charge in [-0.3, -0.25) is 0 Å². The zero-order chi connectivity index (χ0) is 19.7. The van der Waals surface area contributed by atoms with Gasteiger partial charge in [0.15, 0.2) is 0 Å². The summed E-state index contributed by atoms with van der Waals surface area (Å²) in [5, 5.41) is 10.6. The maximum absolute atomic E-state index is 12.6. The average Bonchev–Trinajstić information content (AvgIpc) is 2.61. The average molecular weight is 449 g/mol. The number of nitrogens with zero attached hydrogens (tertiary/aromatic N) is 2. The number of pyridine rings is 1. The second-order valence-corrected chi connectivity index (χ2v) is 7.09. The van der Waals surface area contributed by atoms with Crippen LogP contribution in [0.1, 0.15) is 25.3 Å². The van der Waals surface area contributed by atoms with E-state index < -0.39 is 11.9 Å². The molecule has 0 fully saturated rings. The van der Waals surface area contributed by atoms with E-state index in [4.69, 9.17) is 26.8 Å². The summed E-state index contributed by atoms with van der Waals surface area (Å²) in [5.41, 5.74) is 7.34. The predicted molar refractivity (Wildman–Crippen MR) is 104 cm³/mol. The molecule has 1 unspecified atom stereocenters. The molecule has 3 rings (SSSR count). The molecule has 2 aromatic rings. The molecule has 1 atom stereocenters. The van der Waals surface area contributed by atoms with Gasteiger partial charge < -0.3 is 15.2 Å². The molecule has 138 valence electrons. The lowest BCUT2D eigenvalue weighted by atomic mass is 9.83. The summed E-state index contributed by atoms with van der Waals surface area (Å²) in [5.74, 6) is -1.23. The Labute approximate surface area is 169 Å². The molecule has 6 nitrogen and oxygen atoms in total. The van der Waals surface area contributed by atoms with Gasteiger partial charge >= 0.3 is 5.97 Å². The van der Waals surface area contributed by atoms with Gasteiger partial charge in [-0.1, -0.05) is 27.5 Å². The van der Waals surface area contributed by atoms with Crippen molar-refractivity contribution in [3.05, 3.63) is 62.2 Å². The number of halogens is 2. The van der Waals surface area contributed by atoms with Crippen LogP contribution in [0.25, 0.3) is 10.9 Å². The summed E-state index contributed by atoms with van der Waals surface area (Å²) in [7, 11) is 0. The standard InChI is InChI=1S/C19H15BrClN3O3/c1-3-26-19(25)15-9(2)27-18(23)13(8-22)16(15)12-7-10-6-11(20)4-5-14(10)24-17(12)21/h4-7,16H,3,23H2,1-2H3. The zero-order valence-corrected chi connectivity index (χ0v) is 16.9. The number of rotatable bonds is 3. The van der Waals surface area contributed by atoms with Crippen LogP contribution in [-0.4, -0.2) is 17.6 Å². The van der Waals surface area contributed by atoms with Gasteiger partial charge in [0.25, 0.3) is 0 Å². The van der Waals surface area contributed by atoms with E-state index in [2.05, 4.69) is 20.9 Å². The number of hydrogen-bond donors (Lipinski definition) is 1. The Bertz CT molecular complexity index is 1060. The molecule has 1 aliphatic rings. The molecule has 0 aliphatic carbocycles. The fourth-order valence-corrected chi connectivity index (χ4v) is 3.64. The third-order valence-electron chi connectivity index (χ3n) is 4.17. The monoisotopic (exact) mass is 447 g/mol. The van der Waals surface area contributed by atoms with Crippen molar-refractivity contribution in [1.82, 2.24) is 4.98 Å². The Hall–Kier alpha value is -2.56. The number of nitriles is 1. The fraction of sp³-hybridized carbons (Fsp3) is 0.211. The molecule has 0 bridgehead atoms. The van der Waals surface area contributed by atoms with Crippen molar-refractivity contribution in [1.29, 1.82) is 5.26 Å². The lowest BCUT2D eigenvalue weighted by Gasteiger charge is -2.27. The molecule has 1 aromatic carbocycles. The van der Waals surface area contributed by atoms with E-state index in [-0.39, 0.29) is 34.5 Å². The molecule has 0 saturated carbocycles. The van der Waals surface area contributed by atoms with E-state index in [0.717, 1.165) is 9.86 Å². The molecule has 2 heterocycles. The highest BCUT2D eigenvalue weighted by Crippen LogP contribution is 2.42. The van der Waals surface area contributed by atoms with Crippen LogP contribution in [0.5, 0.6) is 0 Å². The fourth-order valence-electron chi connectivity index (χ4n) is 3.01. The van der Waals surface area contributed by atoms with Crippen molar-refractivity contribution < 1.29 is 14.3 Å². The minimum absolute atomic E-state index is 0.0709. The Morgan fingerprint density at radius 3 is 2.89 bits per heavy atom. The Balaban J connectivity index is 2.27. The summed E-state index contributed by atoms with van der Waals surface area (Å²) < 4.78 is 11.4. The van der Waals surface area contributed by atoms with Crippen LogP contribution in [0, 0.1) is 11.3 Å². The van der Waals surface area contributed by atoms with Crippen LogP contribution >= 0.6 is 27.5 Å². The number of ether oxygens (including phenoxy) is 2. The van der Waals surface area contributed by atoms with Crippen LogP contribution < -0.4 is 5.73 Å². The highest BCUT2D eigenvalue weighted by atomic mass is 79.9. The largest absolute Gasteiger partial charge is 0.463 e. The topological polar surface area (TPSA) is 98.2 Å². The number of allylic oxidation sites excluding steroid dienone is 2. The van der Waals surface area contributed by atoms with Gasteiger partial charge in [0, 0.05) is 15.4 Å². The maximum Gasteiger partial charge on any atom is 0.338 e. The molecular weight excluding hydrogens is 434 g/mol. The number of esters is 1. The van der Waals surface area contributed by atoms with E-state index in [0.29, 0.717) is 11.1 Å². The Morgan fingerprint density at radius 1 is 1.48 bits per heavy atom. The van der Waals surface area contributed by atoms with Crippen molar-refractivity contribution in [2.24, 2.45) is 5.73 Å². The van der Waals surface area contributed by atoms with E-state index in [1.165, 1.54) is 0 Å². The first-order valence-electron chi connectivity index (χ1n) is 8.08. The zero-order valence-electron chi connectivity index (χ0n) is 14.5. The third-order valence-corrected chi connectivity index (χ3v) is 4.97. The summed E-state index contributed by atoms with van der Waals surface area (Å²) in [6.45, 7) is 3.48. The van der Waals surface area contributed by atoms with Crippen LogP contribution in [0.15, 0.2) is 51.5 Å². The first kappa shape index (κ1) is 19.2. The van der Waals surface area contributed by atoms with Gasteiger partial charge in [0.1, 0.15) is 22.6 Å². The smallest absolute Gasteiger partial charge is 0.338 e. The molecule has 0 spiro atoms. The van der Waals surface area contributed by atoms with Gasteiger partial charge in [-0.05, 0) is 38.1 Å². The highest BCUT2D eigenvalue weighted by Gasteiger charge is 2.37. The molecule has 1 aromatic heterocycles. The lowest BCUT2D eigenvalue weighted by Crippen LogP contribution is -2.25. The lowest BCUT2D eigenvalue weighted by molar-refractivity contribution is -0.139. The molecule has 2 N–H and O–H groups in total. The molecule has 1 aliphatic heterocycles. The molecule has 27 heavy (non-hydrogen) atoms. The van der Waals surface area contributed by atoms with Crippen LogP contribution in [0.3, 0.4) is 0 Å². The van der Waals surface area contributed by atoms with Crippen LogP contribution in [-0.2, 0) is 14.3 Å². The van der Waals surface area contributed by atoms with E-state index >= 15 is 0 Å². The van der Waals surface area contributed by atoms with Crippen molar-refractivity contribution in [3.8, 4) is 6.07 Å². The SMILES string of the molecule is CCOC(=O)C1=C(C)OC(N)=C(C#N)C1c1cc2cc(Br)ccc2nc1Cl. The number of nitrogens with two attached hydrogens (primary N) is 1. The minimum Gasteiger partial charge on any atom is -0.463 e. The van der Waals surface area contributed by atoms with Crippen LogP contribution in [0.2, 0.25) is 5.15 Å². The number of carbonyl (C=O) groups excluding carboxylic acids is 1. The van der Waals surface area contributed by atoms with Crippen molar-refractivity contribution in [2.45, 2.75) is 19.8 Å². The van der Waals surface area contributed by atoms with Crippen LogP contribution in [0.4, 0.5) is 0 Å². The molecule has 0 saturated heterocycles. The number of carbonyl (C=O) groups is 1. The summed E-state index contributed by atoms with van der Waals surface area (Å²) in [4.78, 5) is 17.0. The van der Waals surface area contributed by atoms with E-state index in [9.17, 15) is 10.1 Å². The first-order chi connectivity index (χ1) is 12.9. The molecule has 8 heteroatoms. The van der Waals surface area contributed by atoms with Gasteiger partial charge in [-0.2, -0.15) is 5.26 Å². The summed E-state index contributed by atoms with van der Waals surface area (Å²) >= 11 is 9.86. The normalized spacial score (nSPS) is 16.9. The van der Waals surface area contributed by atoms with Gasteiger partial charge in [-0.15, -0.1) is 0 Å². The van der Waals surface area contributed by atoms with Gasteiger partial charge in [0.2, 0.25) is 5.88 Å². The second kappa shape index (κ2) is 7.59.